The Morgan fingerprint density at radius 2 is 2.12 bits per heavy atom. The van der Waals surface area contributed by atoms with Gasteiger partial charge in [0.2, 0.25) is 0 Å². The van der Waals surface area contributed by atoms with Gasteiger partial charge in [-0.2, -0.15) is 0 Å². The van der Waals surface area contributed by atoms with Crippen molar-refractivity contribution in [2.45, 2.75) is 24.9 Å². The van der Waals surface area contributed by atoms with Crippen LogP contribution in [0.5, 0.6) is 0 Å². The number of fused-ring (bicyclic) bond motifs is 1. The van der Waals surface area contributed by atoms with E-state index in [-0.39, 0.29) is 18.6 Å². The van der Waals surface area contributed by atoms with E-state index in [2.05, 4.69) is 16.8 Å². The van der Waals surface area contributed by atoms with Crippen LogP contribution in [-0.2, 0) is 16.0 Å². The first kappa shape index (κ1) is 17.5. The fourth-order valence-electron chi connectivity index (χ4n) is 3.52. The molecule has 0 radical (unpaired) electrons. The molecule has 1 aromatic carbocycles. The molecule has 0 amide bonds. The minimum Gasteiger partial charge on any atom is -0.461 e. The minimum atomic E-state index is -1.39. The Labute approximate surface area is 149 Å². The number of halogens is 1. The van der Waals surface area contributed by atoms with Crippen molar-refractivity contribution < 1.29 is 14.6 Å². The van der Waals surface area contributed by atoms with Gasteiger partial charge in [-0.1, -0.05) is 36.4 Å². The monoisotopic (exact) mass is 362 g/mol. The second-order valence-corrected chi connectivity index (χ2v) is 6.87. The molecule has 2 aromatic rings. The van der Waals surface area contributed by atoms with E-state index in [1.165, 1.54) is 6.08 Å². The standard InChI is InChI=1S/C18H19ClN2O4/c1-3-8-25-17(23)15-13(10-4-6-11(19)7-5-10)14-12(9-18(15,2)24)20-21-16(14)22/h3-7,13,15,24H,1,8-9H2,2H3,(H2,20,21,22)/t13-,15+,18-/m1/s1. The number of aromatic amines is 2. The molecule has 1 aliphatic rings. The fraction of sp³-hybridized carbons (Fsp3) is 0.333. The maximum absolute atomic E-state index is 12.7. The molecular formula is C18H19ClN2O4. The fourth-order valence-corrected chi connectivity index (χ4v) is 3.64. The molecule has 0 aliphatic heterocycles. The third kappa shape index (κ3) is 3.15. The van der Waals surface area contributed by atoms with Gasteiger partial charge >= 0.3 is 5.97 Å². The van der Waals surface area contributed by atoms with E-state index < -0.39 is 23.4 Å². The number of aromatic nitrogens is 2. The summed E-state index contributed by atoms with van der Waals surface area (Å²) < 4.78 is 5.21. The van der Waals surface area contributed by atoms with Crippen molar-refractivity contribution in [2.75, 3.05) is 6.61 Å². The number of H-pyrrole nitrogens is 2. The Kier molecular flexibility index (Phi) is 4.58. The summed E-state index contributed by atoms with van der Waals surface area (Å²) in [5, 5.41) is 16.8. The average Bonchev–Trinajstić information content (AvgIpc) is 2.91. The summed E-state index contributed by atoms with van der Waals surface area (Å²) in [5.41, 5.74) is 0.0288. The van der Waals surface area contributed by atoms with Gasteiger partial charge in [0.05, 0.1) is 11.5 Å². The molecule has 0 saturated carbocycles. The summed E-state index contributed by atoms with van der Waals surface area (Å²) in [5.74, 6) is -2.16. The van der Waals surface area contributed by atoms with Gasteiger partial charge in [0.1, 0.15) is 6.61 Å². The summed E-state index contributed by atoms with van der Waals surface area (Å²) in [6, 6.07) is 6.87. The van der Waals surface area contributed by atoms with Gasteiger partial charge < -0.3 is 14.9 Å². The van der Waals surface area contributed by atoms with Crippen LogP contribution >= 0.6 is 11.6 Å². The Morgan fingerprint density at radius 1 is 1.44 bits per heavy atom. The number of carbonyl (C=O) groups excluding carboxylic acids is 1. The first-order valence-corrected chi connectivity index (χ1v) is 8.27. The first-order chi connectivity index (χ1) is 11.8. The Balaban J connectivity index is 2.16. The molecule has 0 unspecified atom stereocenters. The van der Waals surface area contributed by atoms with Crippen molar-refractivity contribution >= 4 is 17.6 Å². The van der Waals surface area contributed by atoms with Crippen LogP contribution < -0.4 is 5.56 Å². The average molecular weight is 363 g/mol. The van der Waals surface area contributed by atoms with E-state index in [0.29, 0.717) is 21.8 Å². The van der Waals surface area contributed by atoms with Crippen LogP contribution in [0.25, 0.3) is 0 Å². The molecule has 1 aromatic heterocycles. The lowest BCUT2D eigenvalue weighted by Crippen LogP contribution is -2.50. The summed E-state index contributed by atoms with van der Waals surface area (Å²) >= 11 is 5.96. The van der Waals surface area contributed by atoms with Gasteiger partial charge in [-0.25, -0.2) is 0 Å². The molecule has 0 spiro atoms. The predicted molar refractivity (Wildman–Crippen MR) is 93.7 cm³/mol. The second kappa shape index (κ2) is 6.54. The third-order valence-electron chi connectivity index (χ3n) is 4.57. The molecule has 0 fully saturated rings. The summed E-state index contributed by atoms with van der Waals surface area (Å²) in [6.07, 6.45) is 1.60. The van der Waals surface area contributed by atoms with Crippen LogP contribution in [0.2, 0.25) is 5.02 Å². The number of carbonyl (C=O) groups is 1. The predicted octanol–water partition coefficient (Wildman–Crippen LogP) is 2.14. The highest BCUT2D eigenvalue weighted by Gasteiger charge is 2.51. The molecule has 0 bridgehead atoms. The lowest BCUT2D eigenvalue weighted by molar-refractivity contribution is -0.158. The zero-order chi connectivity index (χ0) is 18.2. The van der Waals surface area contributed by atoms with Crippen molar-refractivity contribution in [2.24, 2.45) is 5.92 Å². The number of hydrogen-bond donors (Lipinski definition) is 3. The van der Waals surface area contributed by atoms with Crippen molar-refractivity contribution in [3.05, 3.63) is 69.1 Å². The molecule has 6 nitrogen and oxygen atoms in total. The summed E-state index contributed by atoms with van der Waals surface area (Å²) in [4.78, 5) is 25.0. The van der Waals surface area contributed by atoms with Crippen LogP contribution in [0.1, 0.15) is 29.7 Å². The Morgan fingerprint density at radius 3 is 2.76 bits per heavy atom. The smallest absolute Gasteiger partial charge is 0.313 e. The van der Waals surface area contributed by atoms with Gasteiger partial charge in [-0.3, -0.25) is 14.7 Å². The number of rotatable bonds is 4. The van der Waals surface area contributed by atoms with Crippen LogP contribution in [0.15, 0.2) is 41.7 Å². The minimum absolute atomic E-state index is 0.0368. The van der Waals surface area contributed by atoms with Crippen molar-refractivity contribution in [1.82, 2.24) is 10.2 Å². The number of esters is 1. The highest BCUT2D eigenvalue weighted by atomic mass is 35.5. The van der Waals surface area contributed by atoms with Crippen molar-refractivity contribution in [3.63, 3.8) is 0 Å². The van der Waals surface area contributed by atoms with Crippen LogP contribution in [0.3, 0.4) is 0 Å². The molecule has 1 aliphatic carbocycles. The molecule has 132 valence electrons. The van der Waals surface area contributed by atoms with Crippen LogP contribution in [-0.4, -0.2) is 33.5 Å². The molecule has 3 atom stereocenters. The van der Waals surface area contributed by atoms with E-state index in [0.717, 1.165) is 0 Å². The second-order valence-electron chi connectivity index (χ2n) is 6.43. The van der Waals surface area contributed by atoms with Crippen LogP contribution in [0.4, 0.5) is 0 Å². The lowest BCUT2D eigenvalue weighted by Gasteiger charge is -2.40. The molecule has 3 rings (SSSR count). The quantitative estimate of drug-likeness (QED) is 0.573. The zero-order valence-electron chi connectivity index (χ0n) is 13.7. The van der Waals surface area contributed by atoms with Crippen LogP contribution in [0, 0.1) is 5.92 Å². The van der Waals surface area contributed by atoms with E-state index in [1.54, 1.807) is 31.2 Å². The normalized spacial score (nSPS) is 25.2. The van der Waals surface area contributed by atoms with E-state index in [9.17, 15) is 14.7 Å². The topological polar surface area (TPSA) is 95.2 Å². The molecule has 7 heteroatoms. The highest BCUT2D eigenvalue weighted by molar-refractivity contribution is 6.30. The van der Waals surface area contributed by atoms with E-state index in [1.807, 2.05) is 0 Å². The van der Waals surface area contributed by atoms with E-state index >= 15 is 0 Å². The molecule has 0 saturated heterocycles. The highest BCUT2D eigenvalue weighted by Crippen LogP contribution is 2.44. The van der Waals surface area contributed by atoms with Gasteiger partial charge in [-0.15, -0.1) is 0 Å². The lowest BCUT2D eigenvalue weighted by atomic mass is 9.66. The Bertz CT molecular complexity index is 851. The molecular weight excluding hydrogens is 344 g/mol. The van der Waals surface area contributed by atoms with Crippen molar-refractivity contribution in [3.8, 4) is 0 Å². The largest absolute Gasteiger partial charge is 0.461 e. The van der Waals surface area contributed by atoms with Gasteiger partial charge in [-0.05, 0) is 24.6 Å². The van der Waals surface area contributed by atoms with Crippen molar-refractivity contribution in [1.29, 1.82) is 0 Å². The summed E-state index contributed by atoms with van der Waals surface area (Å²) in [7, 11) is 0. The number of aliphatic hydroxyl groups is 1. The van der Waals surface area contributed by atoms with Gasteiger partial charge in [0.15, 0.2) is 0 Å². The van der Waals surface area contributed by atoms with Gasteiger partial charge in [0.25, 0.3) is 5.56 Å². The Hall–Kier alpha value is -2.31. The molecule has 1 heterocycles. The number of nitrogens with one attached hydrogen (secondary N) is 2. The maximum atomic E-state index is 12.7. The third-order valence-corrected chi connectivity index (χ3v) is 4.82. The maximum Gasteiger partial charge on any atom is 0.313 e. The van der Waals surface area contributed by atoms with E-state index in [4.69, 9.17) is 16.3 Å². The van der Waals surface area contributed by atoms with Gasteiger partial charge in [0, 0.05) is 28.6 Å². The molecule has 3 N–H and O–H groups in total. The summed E-state index contributed by atoms with van der Waals surface area (Å²) in [6.45, 7) is 5.14. The number of hydrogen-bond acceptors (Lipinski definition) is 4. The first-order valence-electron chi connectivity index (χ1n) is 7.90. The number of ether oxygens (including phenoxy) is 1. The number of benzene rings is 1. The SMILES string of the molecule is C=CCOC(=O)[C@@H]1[C@H](c2ccc(Cl)cc2)c2c([nH][nH]c2=O)C[C@@]1(C)O. The molecule has 25 heavy (non-hydrogen) atoms. The zero-order valence-corrected chi connectivity index (χ0v) is 14.5.